The summed E-state index contributed by atoms with van der Waals surface area (Å²) in [6.45, 7) is 6.14. The molecule has 0 bridgehead atoms. The number of rotatable bonds is 5. The van der Waals surface area contributed by atoms with E-state index in [1.165, 1.54) is 5.56 Å². The second kappa shape index (κ2) is 6.48. The van der Waals surface area contributed by atoms with Crippen LogP contribution in [-0.2, 0) is 6.42 Å². The Labute approximate surface area is 120 Å². The number of ether oxygens (including phenoxy) is 1. The van der Waals surface area contributed by atoms with Crippen LogP contribution in [0.25, 0.3) is 0 Å². The Morgan fingerprint density at radius 2 is 1.90 bits per heavy atom. The summed E-state index contributed by atoms with van der Waals surface area (Å²) in [6, 6.07) is 6.55. The van der Waals surface area contributed by atoms with Crippen molar-refractivity contribution >= 4 is 0 Å². The van der Waals surface area contributed by atoms with Gasteiger partial charge in [0.2, 0.25) is 0 Å². The van der Waals surface area contributed by atoms with Crippen LogP contribution in [0.15, 0.2) is 30.6 Å². The summed E-state index contributed by atoms with van der Waals surface area (Å²) < 4.78 is 5.70. The Hall–Kier alpha value is -1.94. The van der Waals surface area contributed by atoms with Crippen molar-refractivity contribution in [3.8, 4) is 11.8 Å². The van der Waals surface area contributed by atoms with E-state index in [9.17, 15) is 0 Å². The molecule has 1 heterocycles. The fourth-order valence-corrected chi connectivity index (χ4v) is 1.96. The van der Waals surface area contributed by atoms with E-state index in [-0.39, 0.29) is 6.04 Å². The molecule has 0 spiro atoms. The molecule has 2 aromatic rings. The minimum absolute atomic E-state index is 0.157. The summed E-state index contributed by atoms with van der Waals surface area (Å²) in [5, 5.41) is 0. The van der Waals surface area contributed by atoms with Crippen LogP contribution in [0.1, 0.15) is 30.0 Å². The van der Waals surface area contributed by atoms with Gasteiger partial charge in [-0.1, -0.05) is 24.6 Å². The molecule has 4 heteroatoms. The third kappa shape index (κ3) is 3.78. The van der Waals surface area contributed by atoms with Crippen LogP contribution in [-0.4, -0.2) is 16.0 Å². The molecule has 1 unspecified atom stereocenters. The zero-order chi connectivity index (χ0) is 14.5. The van der Waals surface area contributed by atoms with Crippen LogP contribution in [0.4, 0.5) is 0 Å². The van der Waals surface area contributed by atoms with Crippen LogP contribution in [0.2, 0.25) is 0 Å². The van der Waals surface area contributed by atoms with Gasteiger partial charge >= 0.3 is 6.01 Å². The van der Waals surface area contributed by atoms with Gasteiger partial charge in [0.25, 0.3) is 0 Å². The minimum Gasteiger partial charge on any atom is -0.424 e. The number of nitrogens with two attached hydrogens (primary N) is 1. The van der Waals surface area contributed by atoms with Gasteiger partial charge in [-0.25, -0.2) is 9.97 Å². The molecule has 106 valence electrons. The number of aryl methyl sites for hydroxylation is 2. The Morgan fingerprint density at radius 3 is 2.50 bits per heavy atom. The molecule has 1 aromatic carbocycles. The lowest BCUT2D eigenvalue weighted by Gasteiger charge is -2.09. The highest BCUT2D eigenvalue weighted by Gasteiger charge is 2.06. The Bertz CT molecular complexity index is 566. The van der Waals surface area contributed by atoms with Crippen molar-refractivity contribution in [3.05, 3.63) is 47.3 Å². The second-order valence-electron chi connectivity index (χ2n) is 5.12. The van der Waals surface area contributed by atoms with Crippen molar-refractivity contribution in [2.75, 3.05) is 0 Å². The van der Waals surface area contributed by atoms with E-state index in [4.69, 9.17) is 10.5 Å². The largest absolute Gasteiger partial charge is 0.424 e. The molecule has 0 aliphatic rings. The molecule has 0 saturated heterocycles. The van der Waals surface area contributed by atoms with E-state index in [1.807, 2.05) is 19.1 Å². The van der Waals surface area contributed by atoms with Gasteiger partial charge in [-0.15, -0.1) is 0 Å². The lowest BCUT2D eigenvalue weighted by atomic mass is 10.1. The standard InChI is InChI=1S/C16H21N3O/c1-4-14(17)8-13-9-18-16(19-10-13)20-15-6-5-11(2)7-12(15)3/h5-7,9-10,14H,4,8,17H2,1-3H3. The van der Waals surface area contributed by atoms with Crippen molar-refractivity contribution in [1.29, 1.82) is 0 Å². The monoisotopic (exact) mass is 271 g/mol. The number of nitrogens with zero attached hydrogens (tertiary/aromatic N) is 2. The zero-order valence-corrected chi connectivity index (χ0v) is 12.3. The second-order valence-corrected chi connectivity index (χ2v) is 5.12. The van der Waals surface area contributed by atoms with Crippen LogP contribution in [0.5, 0.6) is 11.8 Å². The maximum atomic E-state index is 5.91. The molecule has 2 N–H and O–H groups in total. The highest BCUT2D eigenvalue weighted by Crippen LogP contribution is 2.23. The summed E-state index contributed by atoms with van der Waals surface area (Å²) in [4.78, 5) is 8.47. The van der Waals surface area contributed by atoms with Crippen molar-refractivity contribution in [2.24, 2.45) is 5.73 Å². The Balaban J connectivity index is 2.07. The third-order valence-electron chi connectivity index (χ3n) is 3.24. The van der Waals surface area contributed by atoms with E-state index < -0.39 is 0 Å². The molecule has 4 nitrogen and oxygen atoms in total. The number of benzene rings is 1. The zero-order valence-electron chi connectivity index (χ0n) is 12.3. The number of hydrogen-bond acceptors (Lipinski definition) is 4. The van der Waals surface area contributed by atoms with Gasteiger partial charge in [0.1, 0.15) is 5.75 Å². The first-order valence-corrected chi connectivity index (χ1v) is 6.90. The van der Waals surface area contributed by atoms with Crippen LogP contribution in [0, 0.1) is 13.8 Å². The summed E-state index contributed by atoms with van der Waals surface area (Å²) in [5.41, 5.74) is 9.23. The Kier molecular flexibility index (Phi) is 4.69. The van der Waals surface area contributed by atoms with Gasteiger partial charge in [-0.2, -0.15) is 0 Å². The lowest BCUT2D eigenvalue weighted by Crippen LogP contribution is -2.21. The molecule has 0 saturated carbocycles. The quantitative estimate of drug-likeness (QED) is 0.907. The molecule has 0 aliphatic carbocycles. The van der Waals surface area contributed by atoms with Crippen molar-refractivity contribution < 1.29 is 4.74 Å². The van der Waals surface area contributed by atoms with Gasteiger partial charge in [0.15, 0.2) is 0 Å². The molecule has 1 atom stereocenters. The van der Waals surface area contributed by atoms with Crippen molar-refractivity contribution in [3.63, 3.8) is 0 Å². The smallest absolute Gasteiger partial charge is 0.321 e. The first-order chi connectivity index (χ1) is 9.58. The maximum Gasteiger partial charge on any atom is 0.321 e. The average Bonchev–Trinajstić information content (AvgIpc) is 2.44. The predicted octanol–water partition coefficient (Wildman–Crippen LogP) is 3.17. The number of aromatic nitrogens is 2. The van der Waals surface area contributed by atoms with E-state index in [1.54, 1.807) is 12.4 Å². The van der Waals surface area contributed by atoms with E-state index in [2.05, 4.69) is 29.9 Å². The molecule has 1 aromatic heterocycles. The summed E-state index contributed by atoms with van der Waals surface area (Å²) in [6.07, 6.45) is 5.30. The molecule has 0 aliphatic heterocycles. The third-order valence-corrected chi connectivity index (χ3v) is 3.24. The van der Waals surface area contributed by atoms with Crippen LogP contribution >= 0.6 is 0 Å². The molecular weight excluding hydrogens is 250 g/mol. The molecular formula is C16H21N3O. The molecule has 2 rings (SSSR count). The topological polar surface area (TPSA) is 61.0 Å². The van der Waals surface area contributed by atoms with Gasteiger partial charge in [-0.05, 0) is 43.9 Å². The average molecular weight is 271 g/mol. The number of hydrogen-bond donors (Lipinski definition) is 1. The first-order valence-electron chi connectivity index (χ1n) is 6.90. The molecule has 0 radical (unpaired) electrons. The summed E-state index contributed by atoms with van der Waals surface area (Å²) in [5.74, 6) is 0.786. The van der Waals surface area contributed by atoms with Gasteiger partial charge in [-0.3, -0.25) is 0 Å². The van der Waals surface area contributed by atoms with Crippen molar-refractivity contribution in [2.45, 2.75) is 39.7 Å². The van der Waals surface area contributed by atoms with Crippen LogP contribution < -0.4 is 10.5 Å². The van der Waals surface area contributed by atoms with Gasteiger partial charge in [0.05, 0.1) is 0 Å². The Morgan fingerprint density at radius 1 is 1.20 bits per heavy atom. The highest BCUT2D eigenvalue weighted by atomic mass is 16.5. The fourth-order valence-electron chi connectivity index (χ4n) is 1.96. The predicted molar refractivity (Wildman–Crippen MR) is 80.0 cm³/mol. The lowest BCUT2D eigenvalue weighted by molar-refractivity contribution is 0.437. The van der Waals surface area contributed by atoms with E-state index >= 15 is 0 Å². The van der Waals surface area contributed by atoms with E-state index in [0.717, 1.165) is 29.7 Å². The minimum atomic E-state index is 0.157. The van der Waals surface area contributed by atoms with E-state index in [0.29, 0.717) is 6.01 Å². The molecule has 0 fully saturated rings. The summed E-state index contributed by atoms with van der Waals surface area (Å²) in [7, 11) is 0. The van der Waals surface area contributed by atoms with Gasteiger partial charge in [0, 0.05) is 18.4 Å². The van der Waals surface area contributed by atoms with Crippen LogP contribution in [0.3, 0.4) is 0 Å². The molecule has 20 heavy (non-hydrogen) atoms. The fraction of sp³-hybridized carbons (Fsp3) is 0.375. The van der Waals surface area contributed by atoms with Gasteiger partial charge < -0.3 is 10.5 Å². The SMILES string of the molecule is CCC(N)Cc1cnc(Oc2ccc(C)cc2C)nc1. The first kappa shape index (κ1) is 14.5. The molecule has 0 amide bonds. The summed E-state index contributed by atoms with van der Waals surface area (Å²) >= 11 is 0. The maximum absolute atomic E-state index is 5.91. The highest BCUT2D eigenvalue weighted by molar-refractivity contribution is 5.37. The normalized spacial score (nSPS) is 12.2. The van der Waals surface area contributed by atoms with Crippen molar-refractivity contribution in [1.82, 2.24) is 9.97 Å².